The summed E-state index contributed by atoms with van der Waals surface area (Å²) in [5.74, 6) is 1.12. The summed E-state index contributed by atoms with van der Waals surface area (Å²) in [5, 5.41) is 2.92. The van der Waals surface area contributed by atoms with E-state index in [1.54, 1.807) is 14.2 Å². The minimum absolute atomic E-state index is 0.366. The molecule has 0 aliphatic heterocycles. The van der Waals surface area contributed by atoms with Crippen LogP contribution in [0.5, 0.6) is 5.75 Å². The molecule has 0 amide bonds. The minimum atomic E-state index is 0.366. The molecule has 0 heterocycles. The number of nitrogens with zero attached hydrogens (tertiary/aromatic N) is 1. The third-order valence-electron chi connectivity index (χ3n) is 1.62. The maximum Gasteiger partial charge on any atom is 0.192 e. The monoisotopic (exact) mass is 257 g/mol. The third kappa shape index (κ3) is 2.92. The molecule has 14 heavy (non-hydrogen) atoms. The summed E-state index contributed by atoms with van der Waals surface area (Å²) in [6.07, 6.45) is 0. The van der Waals surface area contributed by atoms with Crippen LogP contribution in [0.25, 0.3) is 0 Å². The highest BCUT2D eigenvalue weighted by molar-refractivity contribution is 9.10. The molecule has 5 heteroatoms. The van der Waals surface area contributed by atoms with Gasteiger partial charge in [-0.25, -0.2) is 0 Å². The quantitative estimate of drug-likeness (QED) is 0.628. The molecular formula is C9H12BrN3O. The fourth-order valence-electron chi connectivity index (χ4n) is 0.957. The lowest BCUT2D eigenvalue weighted by Crippen LogP contribution is -2.21. The molecule has 4 nitrogen and oxygen atoms in total. The van der Waals surface area contributed by atoms with Gasteiger partial charge in [0.25, 0.3) is 0 Å². The topological polar surface area (TPSA) is 59.6 Å². The number of halogens is 1. The van der Waals surface area contributed by atoms with Gasteiger partial charge in [0, 0.05) is 23.3 Å². The maximum absolute atomic E-state index is 5.53. The molecule has 0 radical (unpaired) electrons. The van der Waals surface area contributed by atoms with E-state index >= 15 is 0 Å². The molecule has 0 saturated heterocycles. The molecule has 0 aliphatic rings. The molecule has 76 valence electrons. The van der Waals surface area contributed by atoms with Crippen molar-refractivity contribution in [1.29, 1.82) is 0 Å². The van der Waals surface area contributed by atoms with Gasteiger partial charge in [0.05, 0.1) is 7.11 Å². The Morgan fingerprint density at radius 3 is 2.79 bits per heavy atom. The number of aliphatic imine (C=N–C) groups is 1. The summed E-state index contributed by atoms with van der Waals surface area (Å²) in [5.41, 5.74) is 6.36. The molecule has 0 saturated carbocycles. The first kappa shape index (κ1) is 10.8. The largest absolute Gasteiger partial charge is 0.497 e. The van der Waals surface area contributed by atoms with Gasteiger partial charge in [0.2, 0.25) is 0 Å². The number of hydrogen-bond donors (Lipinski definition) is 2. The van der Waals surface area contributed by atoms with Crippen molar-refractivity contribution in [3.63, 3.8) is 0 Å². The maximum atomic E-state index is 5.53. The highest BCUT2D eigenvalue weighted by Gasteiger charge is 1.99. The first-order chi connectivity index (χ1) is 6.65. The summed E-state index contributed by atoms with van der Waals surface area (Å²) < 4.78 is 6.02. The van der Waals surface area contributed by atoms with Crippen LogP contribution in [0, 0.1) is 0 Å². The van der Waals surface area contributed by atoms with E-state index < -0.39 is 0 Å². The van der Waals surface area contributed by atoms with Crippen molar-refractivity contribution in [2.45, 2.75) is 0 Å². The standard InChI is InChI=1S/C9H12BrN3O/c1-12-9(11)13-7-3-6(10)4-8(5-7)14-2/h3-5H,1-2H3,(H3,11,12,13). The van der Waals surface area contributed by atoms with Crippen LogP contribution in [0.15, 0.2) is 27.7 Å². The zero-order valence-corrected chi connectivity index (χ0v) is 9.63. The number of nitrogens with one attached hydrogen (secondary N) is 1. The Morgan fingerprint density at radius 2 is 2.21 bits per heavy atom. The van der Waals surface area contributed by atoms with Crippen molar-refractivity contribution in [1.82, 2.24) is 0 Å². The third-order valence-corrected chi connectivity index (χ3v) is 2.08. The number of benzene rings is 1. The molecule has 1 aromatic carbocycles. The second kappa shape index (κ2) is 4.85. The first-order valence-corrected chi connectivity index (χ1v) is 4.79. The van der Waals surface area contributed by atoms with Gasteiger partial charge in [0.1, 0.15) is 5.75 Å². The van der Waals surface area contributed by atoms with Crippen LogP contribution in [0.1, 0.15) is 0 Å². The molecular weight excluding hydrogens is 246 g/mol. The van der Waals surface area contributed by atoms with Crippen molar-refractivity contribution in [3.05, 3.63) is 22.7 Å². The Morgan fingerprint density at radius 1 is 1.50 bits per heavy atom. The lowest BCUT2D eigenvalue weighted by atomic mass is 10.3. The van der Waals surface area contributed by atoms with E-state index in [1.807, 2.05) is 18.2 Å². The van der Waals surface area contributed by atoms with E-state index in [2.05, 4.69) is 26.2 Å². The van der Waals surface area contributed by atoms with Crippen molar-refractivity contribution >= 4 is 27.6 Å². The summed E-state index contributed by atoms with van der Waals surface area (Å²) in [6.45, 7) is 0. The Balaban J connectivity index is 2.92. The number of methoxy groups -OCH3 is 1. The van der Waals surface area contributed by atoms with Gasteiger partial charge in [0.15, 0.2) is 5.96 Å². The predicted octanol–water partition coefficient (Wildman–Crippen LogP) is 1.81. The first-order valence-electron chi connectivity index (χ1n) is 3.99. The number of rotatable bonds is 2. The van der Waals surface area contributed by atoms with E-state index in [0.29, 0.717) is 5.96 Å². The van der Waals surface area contributed by atoms with Gasteiger partial charge >= 0.3 is 0 Å². The molecule has 1 rings (SSSR count). The minimum Gasteiger partial charge on any atom is -0.497 e. The van der Waals surface area contributed by atoms with Crippen LogP contribution in [-0.4, -0.2) is 20.1 Å². The molecule has 0 aliphatic carbocycles. The van der Waals surface area contributed by atoms with Crippen LogP contribution in [-0.2, 0) is 0 Å². The fourth-order valence-corrected chi connectivity index (χ4v) is 1.43. The average Bonchev–Trinajstić information content (AvgIpc) is 2.16. The zero-order valence-electron chi connectivity index (χ0n) is 8.04. The number of nitrogens with two attached hydrogens (primary N) is 1. The number of anilines is 1. The van der Waals surface area contributed by atoms with Gasteiger partial charge < -0.3 is 15.8 Å². The second-order valence-corrected chi connectivity index (χ2v) is 3.53. The average molecular weight is 258 g/mol. The normalized spacial score (nSPS) is 11.2. The molecule has 0 bridgehead atoms. The zero-order chi connectivity index (χ0) is 10.6. The van der Waals surface area contributed by atoms with Crippen LogP contribution in [0.4, 0.5) is 5.69 Å². The van der Waals surface area contributed by atoms with Gasteiger partial charge in [-0.3, -0.25) is 4.99 Å². The number of guanidine groups is 1. The van der Waals surface area contributed by atoms with Gasteiger partial charge in [-0.1, -0.05) is 15.9 Å². The second-order valence-electron chi connectivity index (χ2n) is 2.61. The van der Waals surface area contributed by atoms with Crippen LogP contribution < -0.4 is 15.8 Å². The van der Waals surface area contributed by atoms with Crippen LogP contribution >= 0.6 is 15.9 Å². The SMILES string of the molecule is CN=C(N)Nc1cc(Br)cc(OC)c1. The summed E-state index contributed by atoms with van der Waals surface area (Å²) >= 11 is 3.36. The van der Waals surface area contributed by atoms with E-state index in [9.17, 15) is 0 Å². The highest BCUT2D eigenvalue weighted by atomic mass is 79.9. The molecule has 0 spiro atoms. The molecule has 0 unspecified atom stereocenters. The number of hydrogen-bond acceptors (Lipinski definition) is 2. The van der Waals surface area contributed by atoms with E-state index in [0.717, 1.165) is 15.9 Å². The Kier molecular flexibility index (Phi) is 3.76. The van der Waals surface area contributed by atoms with Gasteiger partial charge in [-0.15, -0.1) is 0 Å². The summed E-state index contributed by atoms with van der Waals surface area (Å²) in [4.78, 5) is 3.80. The predicted molar refractivity (Wildman–Crippen MR) is 61.9 cm³/mol. The molecule has 0 atom stereocenters. The molecule has 1 aromatic rings. The van der Waals surface area contributed by atoms with Crippen LogP contribution in [0.2, 0.25) is 0 Å². The fraction of sp³-hybridized carbons (Fsp3) is 0.222. The smallest absolute Gasteiger partial charge is 0.192 e. The highest BCUT2D eigenvalue weighted by Crippen LogP contribution is 2.24. The molecule has 0 fully saturated rings. The summed E-state index contributed by atoms with van der Waals surface area (Å²) in [6, 6.07) is 5.59. The van der Waals surface area contributed by atoms with Crippen molar-refractivity contribution in [3.8, 4) is 5.75 Å². The summed E-state index contributed by atoms with van der Waals surface area (Å²) in [7, 11) is 3.24. The van der Waals surface area contributed by atoms with Gasteiger partial charge in [-0.05, 0) is 12.1 Å². The molecule has 0 aromatic heterocycles. The Hall–Kier alpha value is -1.23. The van der Waals surface area contributed by atoms with Crippen LogP contribution in [0.3, 0.4) is 0 Å². The van der Waals surface area contributed by atoms with E-state index in [1.165, 1.54) is 0 Å². The van der Waals surface area contributed by atoms with Crippen molar-refractivity contribution in [2.24, 2.45) is 10.7 Å². The molecule has 3 N–H and O–H groups in total. The van der Waals surface area contributed by atoms with Crippen molar-refractivity contribution < 1.29 is 4.74 Å². The Labute approximate surface area is 91.3 Å². The lowest BCUT2D eigenvalue weighted by molar-refractivity contribution is 0.415. The van der Waals surface area contributed by atoms with E-state index in [4.69, 9.17) is 10.5 Å². The van der Waals surface area contributed by atoms with Crippen molar-refractivity contribution in [2.75, 3.05) is 19.5 Å². The lowest BCUT2D eigenvalue weighted by Gasteiger charge is -2.07. The van der Waals surface area contributed by atoms with E-state index in [-0.39, 0.29) is 0 Å². The Bertz CT molecular complexity index is 352. The number of ether oxygens (including phenoxy) is 1. The van der Waals surface area contributed by atoms with Gasteiger partial charge in [-0.2, -0.15) is 0 Å².